The average molecular weight is 334 g/mol. The van der Waals surface area contributed by atoms with E-state index in [-0.39, 0.29) is 11.8 Å². The van der Waals surface area contributed by atoms with Gasteiger partial charge in [0.05, 0.1) is 0 Å². The number of hydrogen-bond donors (Lipinski definition) is 2. The van der Waals surface area contributed by atoms with Crippen molar-refractivity contribution in [2.45, 2.75) is 24.9 Å². The minimum atomic E-state index is -0.476. The van der Waals surface area contributed by atoms with Crippen LogP contribution in [0.25, 0.3) is 10.1 Å². The molecule has 2 atom stereocenters. The molecule has 0 bridgehead atoms. The first-order valence-electron chi connectivity index (χ1n) is 7.24. The summed E-state index contributed by atoms with van der Waals surface area (Å²) in [5, 5.41) is 8.96. The Hall–Kier alpha value is -1.53. The van der Waals surface area contributed by atoms with Crippen molar-refractivity contribution in [2.24, 2.45) is 0 Å². The summed E-state index contributed by atoms with van der Waals surface area (Å²) in [6.45, 7) is 0. The Labute approximate surface area is 137 Å². The Kier molecular flexibility index (Phi) is 4.69. The monoisotopic (exact) mass is 334 g/mol. The molecule has 1 saturated heterocycles. The molecule has 4 nitrogen and oxygen atoms in total. The number of amides is 2. The number of benzene rings is 1. The third kappa shape index (κ3) is 3.13. The van der Waals surface area contributed by atoms with Gasteiger partial charge in [0.25, 0.3) is 0 Å². The molecule has 0 saturated carbocycles. The van der Waals surface area contributed by atoms with Crippen LogP contribution in [0.1, 0.15) is 12.0 Å². The lowest BCUT2D eigenvalue weighted by Crippen LogP contribution is -2.62. The predicted octanol–water partition coefficient (Wildman–Crippen LogP) is 2.18. The van der Waals surface area contributed by atoms with Gasteiger partial charge in [-0.1, -0.05) is 18.2 Å². The summed E-state index contributed by atoms with van der Waals surface area (Å²) < 4.78 is 1.21. The van der Waals surface area contributed by atoms with Crippen LogP contribution in [0.2, 0.25) is 0 Å². The number of thioether (sulfide) groups is 1. The van der Waals surface area contributed by atoms with Gasteiger partial charge in [0.1, 0.15) is 12.1 Å². The average Bonchev–Trinajstić information content (AvgIpc) is 2.92. The van der Waals surface area contributed by atoms with Gasteiger partial charge in [0.15, 0.2) is 0 Å². The maximum absolute atomic E-state index is 12.2. The van der Waals surface area contributed by atoms with Crippen LogP contribution in [-0.4, -0.2) is 35.9 Å². The van der Waals surface area contributed by atoms with Crippen LogP contribution >= 0.6 is 23.1 Å². The number of rotatable bonds is 5. The zero-order chi connectivity index (χ0) is 15.5. The van der Waals surface area contributed by atoms with Crippen LogP contribution in [0, 0.1) is 0 Å². The summed E-state index contributed by atoms with van der Waals surface area (Å²) in [6, 6.07) is 7.27. The third-order valence-electron chi connectivity index (χ3n) is 3.86. The third-order valence-corrected chi connectivity index (χ3v) is 5.52. The predicted molar refractivity (Wildman–Crippen MR) is 92.4 cm³/mol. The largest absolute Gasteiger partial charge is 0.342 e. The SMILES string of the molecule is CSCC[C@H]1NC(=O)[C@@H](Cc2csc3ccccc23)NC1=O. The van der Waals surface area contributed by atoms with E-state index in [0.717, 1.165) is 11.3 Å². The Morgan fingerprint density at radius 3 is 2.68 bits per heavy atom. The van der Waals surface area contributed by atoms with Gasteiger partial charge in [0, 0.05) is 11.1 Å². The molecular formula is C16H18N2O2S2. The quantitative estimate of drug-likeness (QED) is 0.881. The highest BCUT2D eigenvalue weighted by Crippen LogP contribution is 2.26. The highest BCUT2D eigenvalue weighted by molar-refractivity contribution is 7.98. The molecule has 0 radical (unpaired) electrons. The summed E-state index contributed by atoms with van der Waals surface area (Å²) in [6.07, 6.45) is 3.21. The molecule has 1 aromatic heterocycles. The Morgan fingerprint density at radius 1 is 1.14 bits per heavy atom. The van der Waals surface area contributed by atoms with Gasteiger partial charge in [-0.05, 0) is 40.8 Å². The van der Waals surface area contributed by atoms with E-state index in [1.807, 2.05) is 18.4 Å². The minimum Gasteiger partial charge on any atom is -0.342 e. The summed E-state index contributed by atoms with van der Waals surface area (Å²) in [5.41, 5.74) is 1.11. The zero-order valence-electron chi connectivity index (χ0n) is 12.3. The van der Waals surface area contributed by atoms with E-state index < -0.39 is 12.1 Å². The van der Waals surface area contributed by atoms with Crippen LogP contribution in [0.5, 0.6) is 0 Å². The van der Waals surface area contributed by atoms with Crippen molar-refractivity contribution in [1.82, 2.24) is 10.6 Å². The van der Waals surface area contributed by atoms with E-state index in [0.29, 0.717) is 12.8 Å². The van der Waals surface area contributed by atoms with Crippen LogP contribution in [0.15, 0.2) is 29.6 Å². The molecule has 1 fully saturated rings. The summed E-state index contributed by atoms with van der Waals surface area (Å²) in [4.78, 5) is 24.4. The fourth-order valence-corrected chi connectivity index (χ4v) is 4.12. The van der Waals surface area contributed by atoms with Crippen LogP contribution in [0.3, 0.4) is 0 Å². The number of fused-ring (bicyclic) bond motifs is 1. The lowest BCUT2D eigenvalue weighted by atomic mass is 10.0. The first-order valence-corrected chi connectivity index (χ1v) is 9.51. The van der Waals surface area contributed by atoms with Crippen molar-refractivity contribution in [3.8, 4) is 0 Å². The highest BCUT2D eigenvalue weighted by Gasteiger charge is 2.33. The topological polar surface area (TPSA) is 58.2 Å². The fraction of sp³-hybridized carbons (Fsp3) is 0.375. The molecule has 116 valence electrons. The molecule has 1 aliphatic rings. The molecule has 6 heteroatoms. The molecular weight excluding hydrogens is 316 g/mol. The molecule has 0 unspecified atom stereocenters. The van der Waals surface area contributed by atoms with Gasteiger partial charge in [-0.3, -0.25) is 9.59 Å². The molecule has 22 heavy (non-hydrogen) atoms. The summed E-state index contributed by atoms with van der Waals surface area (Å²) >= 11 is 3.34. The zero-order valence-corrected chi connectivity index (χ0v) is 13.9. The fourth-order valence-electron chi connectivity index (χ4n) is 2.67. The van der Waals surface area contributed by atoms with E-state index in [9.17, 15) is 9.59 Å². The highest BCUT2D eigenvalue weighted by atomic mass is 32.2. The minimum absolute atomic E-state index is 0.0711. The number of carbonyl (C=O) groups excluding carboxylic acids is 2. The molecule has 1 aliphatic heterocycles. The first kappa shape index (κ1) is 15.4. The van der Waals surface area contributed by atoms with E-state index in [2.05, 4.69) is 28.1 Å². The van der Waals surface area contributed by atoms with Crippen molar-refractivity contribution in [3.63, 3.8) is 0 Å². The van der Waals surface area contributed by atoms with Crippen LogP contribution in [-0.2, 0) is 16.0 Å². The molecule has 2 aromatic rings. The number of piperazine rings is 1. The number of carbonyl (C=O) groups is 2. The Morgan fingerprint density at radius 2 is 1.86 bits per heavy atom. The van der Waals surface area contributed by atoms with Crippen LogP contribution < -0.4 is 10.6 Å². The van der Waals surface area contributed by atoms with Crippen molar-refractivity contribution in [1.29, 1.82) is 0 Å². The summed E-state index contributed by atoms with van der Waals surface area (Å²) in [7, 11) is 0. The second kappa shape index (κ2) is 6.71. The van der Waals surface area contributed by atoms with Gasteiger partial charge in [-0.25, -0.2) is 0 Å². The van der Waals surface area contributed by atoms with Crippen molar-refractivity contribution in [2.75, 3.05) is 12.0 Å². The number of nitrogens with one attached hydrogen (secondary N) is 2. The van der Waals surface area contributed by atoms with Gasteiger partial charge in [0.2, 0.25) is 11.8 Å². The molecule has 3 rings (SSSR count). The second-order valence-electron chi connectivity index (χ2n) is 5.37. The molecule has 1 aromatic carbocycles. The lowest BCUT2D eigenvalue weighted by molar-refractivity contribution is -0.136. The van der Waals surface area contributed by atoms with Gasteiger partial charge in [-0.15, -0.1) is 11.3 Å². The van der Waals surface area contributed by atoms with Gasteiger partial charge in [-0.2, -0.15) is 11.8 Å². The molecule has 0 aliphatic carbocycles. The maximum Gasteiger partial charge on any atom is 0.243 e. The van der Waals surface area contributed by atoms with Crippen molar-refractivity contribution < 1.29 is 9.59 Å². The van der Waals surface area contributed by atoms with E-state index in [4.69, 9.17) is 0 Å². The number of hydrogen-bond acceptors (Lipinski definition) is 4. The molecule has 2 amide bonds. The standard InChI is InChI=1S/C16H18N2O2S2/c1-21-7-6-12-15(19)18-13(16(20)17-12)8-10-9-22-14-5-3-2-4-11(10)14/h2-5,9,12-13H,6-8H2,1H3,(H,17,20)(H,18,19)/t12-,13-/m1/s1. The van der Waals surface area contributed by atoms with Crippen molar-refractivity contribution >= 4 is 45.0 Å². The smallest absolute Gasteiger partial charge is 0.243 e. The van der Waals surface area contributed by atoms with Crippen LogP contribution in [0.4, 0.5) is 0 Å². The Bertz CT molecular complexity index is 698. The van der Waals surface area contributed by atoms with Gasteiger partial charge >= 0.3 is 0 Å². The van der Waals surface area contributed by atoms with Gasteiger partial charge < -0.3 is 10.6 Å². The Balaban J connectivity index is 1.71. The molecule has 2 N–H and O–H groups in total. The normalized spacial score (nSPS) is 21.7. The first-order chi connectivity index (χ1) is 10.7. The van der Waals surface area contributed by atoms with E-state index in [1.165, 1.54) is 10.1 Å². The lowest BCUT2D eigenvalue weighted by Gasteiger charge is -2.29. The van der Waals surface area contributed by atoms with Crippen molar-refractivity contribution in [3.05, 3.63) is 35.2 Å². The molecule has 2 heterocycles. The molecule has 0 spiro atoms. The maximum atomic E-state index is 12.2. The summed E-state index contributed by atoms with van der Waals surface area (Å²) in [5.74, 6) is 0.706. The second-order valence-corrected chi connectivity index (χ2v) is 7.26. The van der Waals surface area contributed by atoms with E-state index >= 15 is 0 Å². The number of thiophene rings is 1. The van der Waals surface area contributed by atoms with E-state index in [1.54, 1.807) is 23.1 Å².